The molecule has 3 N–H and O–H groups in total. The van der Waals surface area contributed by atoms with Gasteiger partial charge in [0, 0.05) is 29.1 Å². The summed E-state index contributed by atoms with van der Waals surface area (Å²) >= 11 is 0. The second kappa shape index (κ2) is 5.23. The first-order chi connectivity index (χ1) is 12.7. The third-order valence-corrected chi connectivity index (χ3v) is 4.78. The number of hydrogen-bond acceptors (Lipinski definition) is 6. The topological polar surface area (TPSA) is 90.0 Å². The Labute approximate surface area is 149 Å². The van der Waals surface area contributed by atoms with Gasteiger partial charge in [0.15, 0.2) is 5.54 Å². The van der Waals surface area contributed by atoms with Gasteiger partial charge in [0.1, 0.15) is 23.9 Å². The van der Waals surface area contributed by atoms with Crippen LogP contribution in [0.2, 0.25) is 0 Å². The Balaban J connectivity index is 1.76. The summed E-state index contributed by atoms with van der Waals surface area (Å²) in [5.74, 6) is 1.46. The van der Waals surface area contributed by atoms with E-state index in [1.165, 1.54) is 0 Å². The van der Waals surface area contributed by atoms with Gasteiger partial charge in [0.2, 0.25) is 0 Å². The number of nitrogens with zero attached hydrogens (tertiary/aromatic N) is 2. The number of hydrogen-bond donors (Lipinski definition) is 2. The van der Waals surface area contributed by atoms with Gasteiger partial charge in [0.05, 0.1) is 0 Å². The highest BCUT2D eigenvalue weighted by atomic mass is 16.5. The molecule has 0 radical (unpaired) electrons. The molecule has 0 aliphatic carbocycles. The van der Waals surface area contributed by atoms with Crippen molar-refractivity contribution in [2.45, 2.75) is 5.54 Å². The zero-order valence-corrected chi connectivity index (χ0v) is 13.7. The standard InChI is InChI=1S/C20H15N3O3/c21-19-23-20(11-25-19)15-8-12(13-2-1-7-22-10-13)3-5-17(15)26-18-6-4-14(24)9-16(18)20/h1-10,24H,11H2,(H2,21,23). The molecule has 128 valence electrons. The zero-order chi connectivity index (χ0) is 17.7. The maximum absolute atomic E-state index is 9.99. The Kier molecular flexibility index (Phi) is 2.97. The summed E-state index contributed by atoms with van der Waals surface area (Å²) in [6, 6.07) is 14.9. The fourth-order valence-electron chi connectivity index (χ4n) is 3.56. The van der Waals surface area contributed by atoms with Gasteiger partial charge in [-0.05, 0) is 42.0 Å². The summed E-state index contributed by atoms with van der Waals surface area (Å²) < 4.78 is 11.6. The summed E-state index contributed by atoms with van der Waals surface area (Å²) in [5.41, 5.74) is 8.57. The van der Waals surface area contributed by atoms with Crippen LogP contribution >= 0.6 is 0 Å². The molecule has 2 aliphatic heterocycles. The minimum atomic E-state index is -0.843. The van der Waals surface area contributed by atoms with Gasteiger partial charge in [-0.3, -0.25) is 4.98 Å². The average molecular weight is 345 g/mol. The smallest absolute Gasteiger partial charge is 0.283 e. The van der Waals surface area contributed by atoms with Crippen LogP contribution in [0.25, 0.3) is 11.1 Å². The molecule has 3 aromatic rings. The number of aromatic nitrogens is 1. The summed E-state index contributed by atoms with van der Waals surface area (Å²) in [4.78, 5) is 8.79. The average Bonchev–Trinajstić information content (AvgIpc) is 3.06. The third kappa shape index (κ3) is 2.05. The van der Waals surface area contributed by atoms with Gasteiger partial charge in [-0.2, -0.15) is 0 Å². The van der Waals surface area contributed by atoms with Crippen molar-refractivity contribution in [3.63, 3.8) is 0 Å². The molecule has 2 aromatic carbocycles. The number of fused-ring (bicyclic) bond motifs is 4. The number of aromatic hydroxyl groups is 1. The molecule has 0 saturated heterocycles. The van der Waals surface area contributed by atoms with Gasteiger partial charge in [-0.1, -0.05) is 12.1 Å². The number of rotatable bonds is 1. The molecule has 0 amide bonds. The lowest BCUT2D eigenvalue weighted by Gasteiger charge is -2.33. The fourth-order valence-corrected chi connectivity index (χ4v) is 3.56. The van der Waals surface area contributed by atoms with E-state index in [-0.39, 0.29) is 18.4 Å². The monoisotopic (exact) mass is 345 g/mol. The van der Waals surface area contributed by atoms with E-state index < -0.39 is 5.54 Å². The maximum atomic E-state index is 9.99. The van der Waals surface area contributed by atoms with Crippen LogP contribution in [0, 0.1) is 0 Å². The van der Waals surface area contributed by atoms with Crippen LogP contribution in [0.4, 0.5) is 0 Å². The molecule has 1 unspecified atom stereocenters. The Bertz CT molecular complexity index is 1050. The van der Waals surface area contributed by atoms with Crippen LogP contribution in [-0.4, -0.2) is 22.7 Å². The lowest BCUT2D eigenvalue weighted by atomic mass is 9.80. The van der Waals surface area contributed by atoms with Crippen LogP contribution in [0.1, 0.15) is 11.1 Å². The van der Waals surface area contributed by atoms with Crippen molar-refractivity contribution in [2.75, 3.05) is 6.61 Å². The van der Waals surface area contributed by atoms with Crippen LogP contribution in [0.15, 0.2) is 65.9 Å². The van der Waals surface area contributed by atoms with E-state index in [0.29, 0.717) is 11.5 Å². The molecule has 6 heteroatoms. The number of amidine groups is 1. The molecule has 2 aliphatic rings. The molecule has 1 spiro atoms. The molecule has 5 rings (SSSR count). The van der Waals surface area contributed by atoms with E-state index >= 15 is 0 Å². The second-order valence-electron chi connectivity index (χ2n) is 6.33. The molecular weight excluding hydrogens is 330 g/mol. The number of benzene rings is 2. The largest absolute Gasteiger partial charge is 0.508 e. The van der Waals surface area contributed by atoms with E-state index in [2.05, 4.69) is 9.98 Å². The van der Waals surface area contributed by atoms with Crippen molar-refractivity contribution >= 4 is 6.02 Å². The maximum Gasteiger partial charge on any atom is 0.283 e. The van der Waals surface area contributed by atoms with Crippen molar-refractivity contribution in [3.8, 4) is 28.4 Å². The fraction of sp³-hybridized carbons (Fsp3) is 0.100. The first-order valence-corrected chi connectivity index (χ1v) is 8.20. The van der Waals surface area contributed by atoms with Crippen molar-refractivity contribution in [1.29, 1.82) is 0 Å². The second-order valence-corrected chi connectivity index (χ2v) is 6.33. The molecular formula is C20H15N3O3. The number of ether oxygens (including phenoxy) is 2. The highest BCUT2D eigenvalue weighted by molar-refractivity contribution is 5.78. The molecule has 0 saturated carbocycles. The molecule has 3 heterocycles. The van der Waals surface area contributed by atoms with Crippen molar-refractivity contribution in [3.05, 3.63) is 72.1 Å². The van der Waals surface area contributed by atoms with Crippen LogP contribution < -0.4 is 10.5 Å². The van der Waals surface area contributed by atoms with Gasteiger partial charge in [0.25, 0.3) is 6.02 Å². The van der Waals surface area contributed by atoms with Crippen LogP contribution in [0.3, 0.4) is 0 Å². The summed E-state index contributed by atoms with van der Waals surface area (Å²) in [7, 11) is 0. The van der Waals surface area contributed by atoms with Crippen LogP contribution in [-0.2, 0) is 10.3 Å². The third-order valence-electron chi connectivity index (χ3n) is 4.78. The summed E-state index contributed by atoms with van der Waals surface area (Å²) in [6.45, 7) is 0.252. The van der Waals surface area contributed by atoms with Crippen molar-refractivity contribution < 1.29 is 14.6 Å². The van der Waals surface area contributed by atoms with E-state index in [1.807, 2.05) is 30.3 Å². The van der Waals surface area contributed by atoms with Crippen molar-refractivity contribution in [1.82, 2.24) is 4.98 Å². The van der Waals surface area contributed by atoms with E-state index in [9.17, 15) is 5.11 Å². The number of nitrogens with two attached hydrogens (primary N) is 1. The Morgan fingerprint density at radius 3 is 2.54 bits per heavy atom. The Morgan fingerprint density at radius 2 is 1.81 bits per heavy atom. The quantitative estimate of drug-likeness (QED) is 0.707. The van der Waals surface area contributed by atoms with Gasteiger partial charge >= 0.3 is 0 Å². The van der Waals surface area contributed by atoms with Gasteiger partial charge in [-0.25, -0.2) is 4.99 Å². The van der Waals surface area contributed by atoms with Gasteiger partial charge < -0.3 is 20.3 Å². The normalized spacial score (nSPS) is 19.9. The summed E-state index contributed by atoms with van der Waals surface area (Å²) in [6.07, 6.45) is 3.54. The number of phenols is 1. The molecule has 0 fully saturated rings. The zero-order valence-electron chi connectivity index (χ0n) is 13.7. The highest BCUT2D eigenvalue weighted by Gasteiger charge is 2.47. The lowest BCUT2D eigenvalue weighted by Crippen LogP contribution is -2.31. The summed E-state index contributed by atoms with van der Waals surface area (Å²) in [5, 5.41) is 9.99. The first kappa shape index (κ1) is 14.8. The predicted octanol–water partition coefficient (Wildman–Crippen LogP) is 3.15. The van der Waals surface area contributed by atoms with E-state index in [0.717, 1.165) is 22.3 Å². The minimum Gasteiger partial charge on any atom is -0.508 e. The molecule has 1 atom stereocenters. The van der Waals surface area contributed by atoms with Gasteiger partial charge in [-0.15, -0.1) is 0 Å². The number of phenolic OH excluding ortho intramolecular Hbond substituents is 1. The predicted molar refractivity (Wildman–Crippen MR) is 96.2 cm³/mol. The SMILES string of the molecule is NC1=NC2(CO1)c1cc(O)ccc1Oc1ccc(-c3cccnc3)cc12. The number of pyridine rings is 1. The van der Waals surface area contributed by atoms with E-state index in [1.54, 1.807) is 30.6 Å². The highest BCUT2D eigenvalue weighted by Crippen LogP contribution is 2.52. The lowest BCUT2D eigenvalue weighted by molar-refractivity contribution is 0.264. The Morgan fingerprint density at radius 1 is 1.00 bits per heavy atom. The van der Waals surface area contributed by atoms with E-state index in [4.69, 9.17) is 15.2 Å². The Hall–Kier alpha value is -3.54. The first-order valence-electron chi connectivity index (χ1n) is 8.20. The molecule has 26 heavy (non-hydrogen) atoms. The number of aliphatic imine (C=N–C) groups is 1. The van der Waals surface area contributed by atoms with Crippen molar-refractivity contribution in [2.24, 2.45) is 10.7 Å². The van der Waals surface area contributed by atoms with Crippen LogP contribution in [0.5, 0.6) is 17.2 Å². The molecule has 0 bridgehead atoms. The minimum absolute atomic E-state index is 0.124. The molecule has 1 aromatic heterocycles. The molecule has 6 nitrogen and oxygen atoms in total.